The second kappa shape index (κ2) is 4.54. The predicted octanol–water partition coefficient (Wildman–Crippen LogP) is 0.998. The number of aromatic nitrogens is 1. The number of methoxy groups -OCH3 is 2. The van der Waals surface area contributed by atoms with Crippen molar-refractivity contribution < 1.29 is 19.1 Å². The van der Waals surface area contributed by atoms with Gasteiger partial charge in [-0.25, -0.2) is 9.78 Å². The fraction of sp³-hybridized carbons (Fsp3) is 0.300. The number of carbonyl (C=O) groups excluding carboxylic acids is 2. The molecule has 0 spiro atoms. The van der Waals surface area contributed by atoms with Crippen LogP contribution >= 0.6 is 0 Å². The largest absolute Gasteiger partial charge is 0.480 e. The van der Waals surface area contributed by atoms with Crippen molar-refractivity contribution in [2.45, 2.75) is 6.92 Å². The fourth-order valence-corrected chi connectivity index (χ4v) is 1.14. The zero-order valence-electron chi connectivity index (χ0n) is 8.73. The van der Waals surface area contributed by atoms with E-state index in [2.05, 4.69) is 9.72 Å². The van der Waals surface area contributed by atoms with E-state index in [0.29, 0.717) is 11.8 Å². The van der Waals surface area contributed by atoms with E-state index in [1.165, 1.54) is 20.3 Å². The summed E-state index contributed by atoms with van der Waals surface area (Å²) in [5.41, 5.74) is 1.06. The topological polar surface area (TPSA) is 65.5 Å². The first-order chi connectivity index (χ1) is 7.13. The summed E-state index contributed by atoms with van der Waals surface area (Å²) in [6.45, 7) is 1.68. The SMILES string of the molecule is COC(=O)c1cc(C)c(C=O)nc1OC. The Balaban J connectivity index is 3.33. The lowest BCUT2D eigenvalue weighted by molar-refractivity contribution is 0.0595. The van der Waals surface area contributed by atoms with Crippen LogP contribution in [0.1, 0.15) is 26.4 Å². The number of ether oxygens (including phenoxy) is 2. The minimum Gasteiger partial charge on any atom is -0.480 e. The lowest BCUT2D eigenvalue weighted by Gasteiger charge is -2.07. The van der Waals surface area contributed by atoms with Crippen molar-refractivity contribution in [3.05, 3.63) is 22.9 Å². The van der Waals surface area contributed by atoms with Gasteiger partial charge in [-0.1, -0.05) is 0 Å². The summed E-state index contributed by atoms with van der Waals surface area (Å²) in [6, 6.07) is 1.52. The number of carbonyl (C=O) groups is 2. The van der Waals surface area contributed by atoms with E-state index in [1.807, 2.05) is 0 Å². The van der Waals surface area contributed by atoms with E-state index in [-0.39, 0.29) is 17.1 Å². The van der Waals surface area contributed by atoms with Gasteiger partial charge in [0.25, 0.3) is 0 Å². The van der Waals surface area contributed by atoms with Gasteiger partial charge in [0, 0.05) is 0 Å². The lowest BCUT2D eigenvalue weighted by Crippen LogP contribution is -2.08. The average Bonchev–Trinajstić information content (AvgIpc) is 2.27. The third-order valence-corrected chi connectivity index (χ3v) is 1.93. The minimum atomic E-state index is -0.542. The molecule has 0 saturated carbocycles. The maximum absolute atomic E-state index is 11.3. The molecule has 5 nitrogen and oxygen atoms in total. The fourth-order valence-electron chi connectivity index (χ4n) is 1.14. The van der Waals surface area contributed by atoms with Gasteiger partial charge < -0.3 is 9.47 Å². The Kier molecular flexibility index (Phi) is 3.38. The average molecular weight is 209 g/mol. The number of hydrogen-bond donors (Lipinski definition) is 0. The summed E-state index contributed by atoms with van der Waals surface area (Å²) in [6.07, 6.45) is 0.610. The highest BCUT2D eigenvalue weighted by Crippen LogP contribution is 2.19. The standard InChI is InChI=1S/C10H11NO4/c1-6-4-7(10(13)15-3)9(14-2)11-8(6)5-12/h4-5H,1-3H3. The molecule has 0 N–H and O–H groups in total. The number of hydrogen-bond acceptors (Lipinski definition) is 5. The molecular weight excluding hydrogens is 198 g/mol. The molecule has 0 aliphatic rings. The summed E-state index contributed by atoms with van der Waals surface area (Å²) < 4.78 is 9.45. The van der Waals surface area contributed by atoms with Gasteiger partial charge in [-0.05, 0) is 18.6 Å². The first kappa shape index (κ1) is 11.2. The molecule has 0 aliphatic carbocycles. The second-order valence-corrected chi connectivity index (χ2v) is 2.86. The van der Waals surface area contributed by atoms with Crippen molar-refractivity contribution in [2.24, 2.45) is 0 Å². The maximum Gasteiger partial charge on any atom is 0.343 e. The Morgan fingerprint density at radius 1 is 1.47 bits per heavy atom. The van der Waals surface area contributed by atoms with Crippen molar-refractivity contribution in [1.29, 1.82) is 0 Å². The molecule has 80 valence electrons. The third-order valence-electron chi connectivity index (χ3n) is 1.93. The Labute approximate surface area is 87.0 Å². The molecule has 1 aromatic heterocycles. The van der Waals surface area contributed by atoms with E-state index >= 15 is 0 Å². The number of esters is 1. The van der Waals surface area contributed by atoms with Gasteiger partial charge >= 0.3 is 5.97 Å². The zero-order valence-corrected chi connectivity index (χ0v) is 8.73. The third kappa shape index (κ3) is 2.12. The van der Waals surface area contributed by atoms with Crippen LogP contribution in [-0.4, -0.2) is 31.5 Å². The molecule has 0 saturated heterocycles. The Bertz CT molecular complexity index is 401. The van der Waals surface area contributed by atoms with Gasteiger partial charge in [0.2, 0.25) is 5.88 Å². The van der Waals surface area contributed by atoms with Crippen LogP contribution < -0.4 is 4.74 Å². The smallest absolute Gasteiger partial charge is 0.343 e. The van der Waals surface area contributed by atoms with Crippen molar-refractivity contribution >= 4 is 12.3 Å². The van der Waals surface area contributed by atoms with Gasteiger partial charge in [-0.15, -0.1) is 0 Å². The van der Waals surface area contributed by atoms with Crippen molar-refractivity contribution in [2.75, 3.05) is 14.2 Å². The highest BCUT2D eigenvalue weighted by atomic mass is 16.5. The molecular formula is C10H11NO4. The molecule has 1 aromatic rings. The number of aldehydes is 1. The molecule has 15 heavy (non-hydrogen) atoms. The Hall–Kier alpha value is -1.91. The van der Waals surface area contributed by atoms with Crippen LogP contribution in [0.4, 0.5) is 0 Å². The minimum absolute atomic E-state index is 0.0922. The van der Waals surface area contributed by atoms with E-state index in [1.54, 1.807) is 6.92 Å². The molecule has 0 fully saturated rings. The van der Waals surface area contributed by atoms with Gasteiger partial charge in [0.1, 0.15) is 11.3 Å². The quantitative estimate of drug-likeness (QED) is 0.548. The normalized spacial score (nSPS) is 9.53. The van der Waals surface area contributed by atoms with Crippen molar-refractivity contribution in [3.8, 4) is 5.88 Å². The van der Waals surface area contributed by atoms with Crippen LogP contribution in [0.25, 0.3) is 0 Å². The molecule has 1 rings (SSSR count). The predicted molar refractivity (Wildman–Crippen MR) is 52.3 cm³/mol. The number of pyridine rings is 1. The van der Waals surface area contributed by atoms with E-state index in [9.17, 15) is 9.59 Å². The summed E-state index contributed by atoms with van der Waals surface area (Å²) in [7, 11) is 2.64. The van der Waals surface area contributed by atoms with Gasteiger partial charge in [0.15, 0.2) is 6.29 Å². The van der Waals surface area contributed by atoms with Gasteiger partial charge in [-0.2, -0.15) is 0 Å². The molecule has 0 unspecified atom stereocenters. The molecule has 0 bridgehead atoms. The maximum atomic E-state index is 11.3. The lowest BCUT2D eigenvalue weighted by atomic mass is 10.1. The molecule has 5 heteroatoms. The van der Waals surface area contributed by atoms with Crippen LogP contribution in [-0.2, 0) is 4.74 Å². The van der Waals surface area contributed by atoms with Crippen LogP contribution in [0.3, 0.4) is 0 Å². The molecule has 0 amide bonds. The molecule has 0 atom stereocenters. The van der Waals surface area contributed by atoms with Crippen molar-refractivity contribution in [3.63, 3.8) is 0 Å². The summed E-state index contributed by atoms with van der Waals surface area (Å²) in [5, 5.41) is 0. The highest BCUT2D eigenvalue weighted by molar-refractivity contribution is 5.93. The van der Waals surface area contributed by atoms with Crippen molar-refractivity contribution in [1.82, 2.24) is 4.98 Å². The summed E-state index contributed by atoms with van der Waals surface area (Å²) >= 11 is 0. The van der Waals surface area contributed by atoms with E-state index in [0.717, 1.165) is 0 Å². The van der Waals surface area contributed by atoms with Gasteiger partial charge in [-0.3, -0.25) is 4.79 Å². The number of rotatable bonds is 3. The Morgan fingerprint density at radius 2 is 2.13 bits per heavy atom. The first-order valence-electron chi connectivity index (χ1n) is 4.23. The van der Waals surface area contributed by atoms with Crippen LogP contribution in [0.2, 0.25) is 0 Å². The van der Waals surface area contributed by atoms with Crippen LogP contribution in [0, 0.1) is 6.92 Å². The number of nitrogens with zero attached hydrogens (tertiary/aromatic N) is 1. The molecule has 0 aliphatic heterocycles. The molecule has 0 aromatic carbocycles. The van der Waals surface area contributed by atoms with E-state index < -0.39 is 5.97 Å². The summed E-state index contributed by atoms with van der Waals surface area (Å²) in [4.78, 5) is 25.8. The zero-order chi connectivity index (χ0) is 11.4. The molecule has 0 radical (unpaired) electrons. The first-order valence-corrected chi connectivity index (χ1v) is 4.23. The molecule has 1 heterocycles. The summed E-state index contributed by atoms with van der Waals surface area (Å²) in [5.74, 6) is -0.450. The van der Waals surface area contributed by atoms with Crippen LogP contribution in [0.15, 0.2) is 6.07 Å². The monoisotopic (exact) mass is 209 g/mol. The van der Waals surface area contributed by atoms with E-state index in [4.69, 9.17) is 4.74 Å². The second-order valence-electron chi connectivity index (χ2n) is 2.86. The highest BCUT2D eigenvalue weighted by Gasteiger charge is 2.16. The van der Waals surface area contributed by atoms with Gasteiger partial charge in [0.05, 0.1) is 14.2 Å². The van der Waals surface area contributed by atoms with Crippen LogP contribution in [0.5, 0.6) is 5.88 Å². The number of aryl methyl sites for hydroxylation is 1. The Morgan fingerprint density at radius 3 is 2.60 bits per heavy atom.